The molecule has 0 radical (unpaired) electrons. The fourth-order valence-electron chi connectivity index (χ4n) is 4.14. The molecule has 4 rings (SSSR count). The van der Waals surface area contributed by atoms with Gasteiger partial charge < -0.3 is 24.8 Å². The summed E-state index contributed by atoms with van der Waals surface area (Å²) in [5, 5.41) is 5.62. The molecule has 1 aromatic carbocycles. The first-order chi connectivity index (χ1) is 15.1. The molecule has 9 heteroatoms. The number of nitrogens with one attached hydrogen (secondary N) is 1. The highest BCUT2D eigenvalue weighted by Crippen LogP contribution is 2.26. The molecule has 0 saturated carbocycles. The molecule has 1 N–H and O–H groups in total. The summed E-state index contributed by atoms with van der Waals surface area (Å²) in [6.45, 7) is 7.01. The molecule has 1 aromatic heterocycles. The summed E-state index contributed by atoms with van der Waals surface area (Å²) in [6, 6.07) is 7.15. The Hall–Kier alpha value is -2.65. The molecule has 2 amide bonds. The van der Waals surface area contributed by atoms with Gasteiger partial charge in [-0.2, -0.15) is 0 Å². The summed E-state index contributed by atoms with van der Waals surface area (Å²) in [7, 11) is 1.63. The maximum Gasteiger partial charge on any atom is 0.274 e. The van der Waals surface area contributed by atoms with Crippen LogP contribution in [0, 0.1) is 0 Å². The van der Waals surface area contributed by atoms with Gasteiger partial charge in [0, 0.05) is 43.8 Å². The number of carbonyl (C=O) groups excluding carboxylic acids is 2. The molecule has 2 saturated heterocycles. The number of benzene rings is 1. The Labute approximate surface area is 186 Å². The quantitative estimate of drug-likeness (QED) is 0.740. The molecule has 2 aromatic rings. The third-order valence-electron chi connectivity index (χ3n) is 5.99. The lowest BCUT2D eigenvalue weighted by Gasteiger charge is -2.36. The summed E-state index contributed by atoms with van der Waals surface area (Å²) >= 11 is 1.38. The van der Waals surface area contributed by atoms with Crippen LogP contribution in [0.25, 0.3) is 0 Å². The van der Waals surface area contributed by atoms with Crippen LogP contribution in [0.2, 0.25) is 0 Å². The van der Waals surface area contributed by atoms with Crippen molar-refractivity contribution in [3.63, 3.8) is 0 Å². The second kappa shape index (κ2) is 9.65. The van der Waals surface area contributed by atoms with Crippen molar-refractivity contribution in [1.82, 2.24) is 19.7 Å². The number of hydrogen-bond acceptors (Lipinski definition) is 7. The van der Waals surface area contributed by atoms with E-state index < -0.39 is 0 Å². The highest BCUT2D eigenvalue weighted by molar-refractivity contribution is 7.14. The van der Waals surface area contributed by atoms with Crippen molar-refractivity contribution in [3.8, 4) is 5.75 Å². The average molecular weight is 444 g/mol. The summed E-state index contributed by atoms with van der Waals surface area (Å²) in [4.78, 5) is 36.7. The zero-order valence-corrected chi connectivity index (χ0v) is 18.9. The summed E-state index contributed by atoms with van der Waals surface area (Å²) in [5.41, 5.74) is 1.26. The number of aromatic nitrogens is 1. The summed E-state index contributed by atoms with van der Waals surface area (Å²) in [5.74, 6) is 0.692. The van der Waals surface area contributed by atoms with Gasteiger partial charge in [-0.05, 0) is 43.7 Å². The fraction of sp³-hybridized carbons (Fsp3) is 0.500. The molecule has 0 spiro atoms. The maximum atomic E-state index is 13.1. The van der Waals surface area contributed by atoms with E-state index in [1.807, 2.05) is 29.2 Å². The number of rotatable bonds is 6. The van der Waals surface area contributed by atoms with Crippen LogP contribution in [0.15, 0.2) is 29.6 Å². The Bertz CT molecular complexity index is 908. The van der Waals surface area contributed by atoms with Gasteiger partial charge in [0.05, 0.1) is 7.11 Å². The third-order valence-corrected chi connectivity index (χ3v) is 6.75. The van der Waals surface area contributed by atoms with Crippen LogP contribution >= 0.6 is 11.3 Å². The number of likely N-dealkylation sites (N-methyl/N-ethyl adjacent to an activating group) is 1. The van der Waals surface area contributed by atoms with Gasteiger partial charge in [-0.25, -0.2) is 4.98 Å². The van der Waals surface area contributed by atoms with E-state index >= 15 is 0 Å². The Balaban J connectivity index is 1.39. The molecule has 3 heterocycles. The lowest BCUT2D eigenvalue weighted by atomic mass is 10.1. The van der Waals surface area contributed by atoms with Crippen molar-refractivity contribution < 1.29 is 14.3 Å². The van der Waals surface area contributed by atoms with Crippen LogP contribution in [-0.4, -0.2) is 83.9 Å². The Morgan fingerprint density at radius 3 is 2.58 bits per heavy atom. The molecule has 2 fully saturated rings. The average Bonchev–Trinajstić information content (AvgIpc) is 3.49. The number of amides is 2. The van der Waals surface area contributed by atoms with Crippen molar-refractivity contribution in [2.24, 2.45) is 0 Å². The van der Waals surface area contributed by atoms with Crippen LogP contribution < -0.4 is 10.1 Å². The number of nitrogens with zero attached hydrogens (tertiary/aromatic N) is 4. The van der Waals surface area contributed by atoms with Crippen molar-refractivity contribution in [1.29, 1.82) is 0 Å². The van der Waals surface area contributed by atoms with Crippen molar-refractivity contribution in [2.75, 3.05) is 51.7 Å². The molecule has 1 unspecified atom stereocenters. The molecular weight excluding hydrogens is 414 g/mol. The van der Waals surface area contributed by atoms with Gasteiger partial charge in [0.2, 0.25) is 5.91 Å². The lowest BCUT2D eigenvalue weighted by Crippen LogP contribution is -2.54. The van der Waals surface area contributed by atoms with E-state index in [0.717, 1.165) is 57.0 Å². The van der Waals surface area contributed by atoms with Crippen LogP contribution in [0.3, 0.4) is 0 Å². The Kier molecular flexibility index (Phi) is 6.72. The fourth-order valence-corrected chi connectivity index (χ4v) is 4.84. The van der Waals surface area contributed by atoms with E-state index in [4.69, 9.17) is 4.74 Å². The maximum absolute atomic E-state index is 13.1. The van der Waals surface area contributed by atoms with E-state index in [2.05, 4.69) is 22.1 Å². The van der Waals surface area contributed by atoms with E-state index in [9.17, 15) is 9.59 Å². The molecule has 1 atom stereocenters. The SMILES string of the molecule is CCN1CCN(C(=O)C2CCCN2C(=O)c2csc(Nc3ccc(OC)cc3)n2)CC1. The highest BCUT2D eigenvalue weighted by Gasteiger charge is 2.38. The van der Waals surface area contributed by atoms with E-state index in [1.165, 1.54) is 11.3 Å². The normalized spacial score (nSPS) is 19.5. The van der Waals surface area contributed by atoms with Crippen molar-refractivity contribution in [2.45, 2.75) is 25.8 Å². The first-order valence-electron chi connectivity index (χ1n) is 10.8. The van der Waals surface area contributed by atoms with Gasteiger partial charge in [-0.3, -0.25) is 9.59 Å². The monoisotopic (exact) mass is 443 g/mol. The molecule has 8 nitrogen and oxygen atoms in total. The van der Waals surface area contributed by atoms with Gasteiger partial charge in [0.15, 0.2) is 5.13 Å². The number of hydrogen-bond donors (Lipinski definition) is 1. The largest absolute Gasteiger partial charge is 0.497 e. The zero-order valence-electron chi connectivity index (χ0n) is 18.0. The summed E-state index contributed by atoms with van der Waals surface area (Å²) < 4.78 is 5.17. The molecule has 31 heavy (non-hydrogen) atoms. The van der Waals surface area contributed by atoms with E-state index in [-0.39, 0.29) is 17.9 Å². The predicted molar refractivity (Wildman–Crippen MR) is 121 cm³/mol. The molecule has 0 bridgehead atoms. The minimum atomic E-state index is -0.375. The molecule has 166 valence electrons. The number of ether oxygens (including phenoxy) is 1. The van der Waals surface area contributed by atoms with Crippen molar-refractivity contribution in [3.05, 3.63) is 35.3 Å². The van der Waals surface area contributed by atoms with Gasteiger partial charge >= 0.3 is 0 Å². The van der Waals surface area contributed by atoms with Crippen LogP contribution in [0.4, 0.5) is 10.8 Å². The Morgan fingerprint density at radius 1 is 1.16 bits per heavy atom. The third kappa shape index (κ3) is 4.83. The van der Waals surface area contributed by atoms with Crippen molar-refractivity contribution >= 4 is 34.0 Å². The van der Waals surface area contributed by atoms with Gasteiger partial charge in [-0.1, -0.05) is 6.92 Å². The minimum absolute atomic E-state index is 0.0772. The lowest BCUT2D eigenvalue weighted by molar-refractivity contribution is -0.137. The first kappa shape index (κ1) is 21.6. The number of anilines is 2. The molecule has 2 aliphatic rings. The highest BCUT2D eigenvalue weighted by atomic mass is 32.1. The van der Waals surface area contributed by atoms with Crippen LogP contribution in [0.5, 0.6) is 5.75 Å². The van der Waals surface area contributed by atoms with Crippen LogP contribution in [0.1, 0.15) is 30.3 Å². The number of thiazole rings is 1. The molecule has 2 aliphatic heterocycles. The van der Waals surface area contributed by atoms with Gasteiger partial charge in [0.25, 0.3) is 5.91 Å². The topological polar surface area (TPSA) is 78.0 Å². The smallest absolute Gasteiger partial charge is 0.274 e. The number of likely N-dealkylation sites (tertiary alicyclic amines) is 1. The first-order valence-corrected chi connectivity index (χ1v) is 11.7. The van der Waals surface area contributed by atoms with E-state index in [0.29, 0.717) is 17.4 Å². The second-order valence-corrected chi connectivity index (χ2v) is 8.67. The zero-order chi connectivity index (χ0) is 21.8. The Morgan fingerprint density at radius 2 is 1.90 bits per heavy atom. The van der Waals surface area contributed by atoms with E-state index in [1.54, 1.807) is 17.4 Å². The second-order valence-electron chi connectivity index (χ2n) is 7.81. The number of methoxy groups -OCH3 is 1. The predicted octanol–water partition coefficient (Wildman–Crippen LogP) is 2.66. The standard InChI is InChI=1S/C22H29N5O3S/c1-3-25-11-13-26(14-12-25)21(29)19-5-4-10-27(19)20(28)18-15-31-22(24-18)23-16-6-8-17(30-2)9-7-16/h6-9,15,19H,3-5,10-14H2,1-2H3,(H,23,24). The number of carbonyl (C=O) groups is 2. The van der Waals surface area contributed by atoms with Crippen LogP contribution in [-0.2, 0) is 4.79 Å². The van der Waals surface area contributed by atoms with Gasteiger partial charge in [0.1, 0.15) is 17.5 Å². The molecular formula is C22H29N5O3S. The summed E-state index contributed by atoms with van der Waals surface area (Å²) in [6.07, 6.45) is 1.57. The number of piperazine rings is 1. The molecule has 0 aliphatic carbocycles. The van der Waals surface area contributed by atoms with Gasteiger partial charge in [-0.15, -0.1) is 11.3 Å². The minimum Gasteiger partial charge on any atom is -0.497 e.